The number of para-hydroxylation sites is 1. The highest BCUT2D eigenvalue weighted by molar-refractivity contribution is 9.10. The van der Waals surface area contributed by atoms with Crippen molar-refractivity contribution >= 4 is 33.4 Å². The Bertz CT molecular complexity index is 971. The smallest absolute Gasteiger partial charge is 0.276 e. The van der Waals surface area contributed by atoms with Gasteiger partial charge in [0.2, 0.25) is 5.91 Å². The molecule has 0 unspecified atom stereocenters. The van der Waals surface area contributed by atoms with Crippen molar-refractivity contribution in [1.29, 1.82) is 0 Å². The molecule has 1 heterocycles. The number of amides is 2. The molecule has 3 rings (SSSR count). The monoisotopic (exact) mass is 427 g/mol. The number of benzene rings is 2. The lowest BCUT2D eigenvalue weighted by molar-refractivity contribution is -0.116. The van der Waals surface area contributed by atoms with Crippen LogP contribution in [0.15, 0.2) is 59.2 Å². The maximum atomic E-state index is 12.5. The van der Waals surface area contributed by atoms with Crippen molar-refractivity contribution in [2.75, 3.05) is 18.9 Å². The lowest BCUT2D eigenvalue weighted by atomic mass is 10.2. The molecule has 0 saturated carbocycles. The number of nitrogens with zero attached hydrogens (tertiary/aromatic N) is 4. The lowest BCUT2D eigenvalue weighted by Gasteiger charge is -2.16. The standard InChI is InChI=1S/C19H18BrN5O2/c1-13-10-14(20)8-9-16(13)22-18(26)12-24(2)19(27)17-11-21-25(23-17)15-6-4-3-5-7-15/h3-11H,12H2,1-2H3,(H,22,26). The number of carbonyl (C=O) groups is 2. The number of nitrogens with one attached hydrogen (secondary N) is 1. The molecule has 138 valence electrons. The van der Waals surface area contributed by atoms with Crippen LogP contribution in [0.1, 0.15) is 16.1 Å². The summed E-state index contributed by atoms with van der Waals surface area (Å²) in [5, 5.41) is 11.1. The largest absolute Gasteiger partial charge is 0.331 e. The molecule has 1 N–H and O–H groups in total. The van der Waals surface area contributed by atoms with E-state index in [1.54, 1.807) is 7.05 Å². The Morgan fingerprint density at radius 1 is 1.19 bits per heavy atom. The van der Waals surface area contributed by atoms with E-state index in [0.29, 0.717) is 5.69 Å². The molecule has 0 aliphatic heterocycles. The average molecular weight is 428 g/mol. The molecule has 0 spiro atoms. The first kappa shape index (κ1) is 18.8. The molecule has 0 aliphatic rings. The normalized spacial score (nSPS) is 10.5. The molecule has 0 fully saturated rings. The van der Waals surface area contributed by atoms with Gasteiger partial charge in [0.25, 0.3) is 5.91 Å². The molecule has 2 aromatic carbocycles. The first-order chi connectivity index (χ1) is 12.9. The predicted molar refractivity (Wildman–Crippen MR) is 106 cm³/mol. The lowest BCUT2D eigenvalue weighted by Crippen LogP contribution is -2.35. The summed E-state index contributed by atoms with van der Waals surface area (Å²) in [4.78, 5) is 27.5. The average Bonchev–Trinajstić information content (AvgIpc) is 3.14. The summed E-state index contributed by atoms with van der Waals surface area (Å²) >= 11 is 3.39. The van der Waals surface area contributed by atoms with Gasteiger partial charge in [-0.25, -0.2) is 0 Å². The number of carbonyl (C=O) groups excluding carboxylic acids is 2. The van der Waals surface area contributed by atoms with Gasteiger partial charge in [0.1, 0.15) is 0 Å². The highest BCUT2D eigenvalue weighted by Crippen LogP contribution is 2.20. The molecule has 0 aliphatic carbocycles. The second-order valence-corrected chi connectivity index (χ2v) is 6.94. The van der Waals surface area contributed by atoms with Gasteiger partial charge in [0.15, 0.2) is 5.69 Å². The van der Waals surface area contributed by atoms with Gasteiger partial charge in [0, 0.05) is 17.2 Å². The maximum absolute atomic E-state index is 12.5. The summed E-state index contributed by atoms with van der Waals surface area (Å²) in [6.07, 6.45) is 1.39. The number of likely N-dealkylation sites (N-methyl/N-ethyl adjacent to an activating group) is 1. The molecule has 1 aromatic heterocycles. The maximum Gasteiger partial charge on any atom is 0.276 e. The molecule has 8 heteroatoms. The zero-order valence-corrected chi connectivity index (χ0v) is 16.5. The summed E-state index contributed by atoms with van der Waals surface area (Å²) in [6.45, 7) is 1.81. The number of aromatic nitrogens is 3. The predicted octanol–water partition coefficient (Wildman–Crippen LogP) is 3.05. The van der Waals surface area contributed by atoms with Crippen LogP contribution in [0.4, 0.5) is 5.69 Å². The zero-order chi connectivity index (χ0) is 19.4. The van der Waals surface area contributed by atoms with Crippen molar-refractivity contribution in [2.24, 2.45) is 0 Å². The second kappa shape index (κ2) is 8.13. The highest BCUT2D eigenvalue weighted by atomic mass is 79.9. The molecule has 27 heavy (non-hydrogen) atoms. The number of anilines is 1. The molecule has 0 radical (unpaired) electrons. The Morgan fingerprint density at radius 2 is 1.93 bits per heavy atom. The van der Waals surface area contributed by atoms with E-state index in [-0.39, 0.29) is 24.1 Å². The number of hydrogen-bond donors (Lipinski definition) is 1. The van der Waals surface area contributed by atoms with E-state index in [2.05, 4.69) is 31.4 Å². The van der Waals surface area contributed by atoms with Crippen LogP contribution in [0.25, 0.3) is 5.69 Å². The van der Waals surface area contributed by atoms with Crippen molar-refractivity contribution < 1.29 is 9.59 Å². The minimum absolute atomic E-state index is 0.0907. The van der Waals surface area contributed by atoms with Gasteiger partial charge in [-0.15, -0.1) is 5.10 Å². The van der Waals surface area contributed by atoms with Gasteiger partial charge in [0.05, 0.1) is 18.4 Å². The van der Waals surface area contributed by atoms with Crippen LogP contribution in [0.3, 0.4) is 0 Å². The molecule has 0 saturated heterocycles. The molecule has 7 nitrogen and oxygen atoms in total. The molecule has 3 aromatic rings. The number of rotatable bonds is 5. The Kier molecular flexibility index (Phi) is 5.66. The fourth-order valence-corrected chi connectivity index (χ4v) is 2.96. The summed E-state index contributed by atoms with van der Waals surface area (Å²) in [6, 6.07) is 14.9. The first-order valence-electron chi connectivity index (χ1n) is 8.23. The van der Waals surface area contributed by atoms with E-state index in [0.717, 1.165) is 15.7 Å². The van der Waals surface area contributed by atoms with Gasteiger partial charge in [-0.05, 0) is 42.8 Å². The van der Waals surface area contributed by atoms with E-state index in [4.69, 9.17) is 0 Å². The quantitative estimate of drug-likeness (QED) is 0.678. The topological polar surface area (TPSA) is 80.1 Å². The van der Waals surface area contributed by atoms with Crippen molar-refractivity contribution in [3.05, 3.63) is 70.5 Å². The highest BCUT2D eigenvalue weighted by Gasteiger charge is 2.19. The summed E-state index contributed by atoms with van der Waals surface area (Å²) in [7, 11) is 1.55. The summed E-state index contributed by atoms with van der Waals surface area (Å²) in [5.41, 5.74) is 2.56. The Labute approximate surface area is 165 Å². The SMILES string of the molecule is Cc1cc(Br)ccc1NC(=O)CN(C)C(=O)c1cnn(-c2ccccc2)n1. The summed E-state index contributed by atoms with van der Waals surface area (Å²) in [5.74, 6) is -0.661. The van der Waals surface area contributed by atoms with Crippen LogP contribution in [0.5, 0.6) is 0 Å². The summed E-state index contributed by atoms with van der Waals surface area (Å²) < 4.78 is 0.937. The third-order valence-electron chi connectivity index (χ3n) is 3.89. The number of aryl methyl sites for hydroxylation is 1. The molecule has 0 bridgehead atoms. The third kappa shape index (κ3) is 4.59. The molecule has 2 amide bonds. The second-order valence-electron chi connectivity index (χ2n) is 6.02. The fraction of sp³-hybridized carbons (Fsp3) is 0.158. The molecular weight excluding hydrogens is 410 g/mol. The third-order valence-corrected chi connectivity index (χ3v) is 4.38. The van der Waals surface area contributed by atoms with Crippen molar-refractivity contribution in [3.8, 4) is 5.69 Å². The molecule has 0 atom stereocenters. The Hall–Kier alpha value is -3.00. The van der Waals surface area contributed by atoms with Crippen LogP contribution in [0.2, 0.25) is 0 Å². The van der Waals surface area contributed by atoms with Crippen molar-refractivity contribution in [3.63, 3.8) is 0 Å². The fourth-order valence-electron chi connectivity index (χ4n) is 2.49. The Morgan fingerprint density at radius 3 is 2.63 bits per heavy atom. The number of halogens is 1. The van der Waals surface area contributed by atoms with Crippen LogP contribution in [0, 0.1) is 6.92 Å². The van der Waals surface area contributed by atoms with Crippen LogP contribution in [-0.2, 0) is 4.79 Å². The van der Waals surface area contributed by atoms with Gasteiger partial charge in [-0.2, -0.15) is 9.90 Å². The Balaban J connectivity index is 1.63. The van der Waals surface area contributed by atoms with E-state index >= 15 is 0 Å². The molecular formula is C19H18BrN5O2. The van der Waals surface area contributed by atoms with Crippen molar-refractivity contribution in [1.82, 2.24) is 19.9 Å². The van der Waals surface area contributed by atoms with Crippen LogP contribution >= 0.6 is 15.9 Å². The van der Waals surface area contributed by atoms with E-state index in [9.17, 15) is 9.59 Å². The first-order valence-corrected chi connectivity index (χ1v) is 9.02. The van der Waals surface area contributed by atoms with Crippen molar-refractivity contribution in [2.45, 2.75) is 6.92 Å². The minimum Gasteiger partial charge on any atom is -0.331 e. The van der Waals surface area contributed by atoms with Crippen LogP contribution in [-0.4, -0.2) is 45.3 Å². The van der Waals surface area contributed by atoms with Gasteiger partial charge in [-0.3, -0.25) is 9.59 Å². The van der Waals surface area contributed by atoms with E-state index < -0.39 is 0 Å². The van der Waals surface area contributed by atoms with Gasteiger partial charge in [-0.1, -0.05) is 34.1 Å². The van der Waals surface area contributed by atoms with E-state index in [1.807, 2.05) is 55.5 Å². The van der Waals surface area contributed by atoms with Gasteiger partial charge < -0.3 is 10.2 Å². The number of hydrogen-bond acceptors (Lipinski definition) is 4. The van der Waals surface area contributed by atoms with Gasteiger partial charge >= 0.3 is 0 Å². The van der Waals surface area contributed by atoms with E-state index in [1.165, 1.54) is 15.9 Å². The minimum atomic E-state index is -0.375. The zero-order valence-electron chi connectivity index (χ0n) is 14.9. The van der Waals surface area contributed by atoms with Crippen LogP contribution < -0.4 is 5.32 Å².